The SMILES string of the molecule is CCC#CCC#CCOS(=O)(=O)c1ccc(C)cc1. The van der Waals surface area contributed by atoms with Gasteiger partial charge in [-0.15, -0.1) is 5.92 Å². The second-order valence-corrected chi connectivity index (χ2v) is 5.38. The van der Waals surface area contributed by atoms with Gasteiger partial charge in [0.2, 0.25) is 0 Å². The van der Waals surface area contributed by atoms with Crippen molar-refractivity contribution < 1.29 is 12.6 Å². The minimum atomic E-state index is -3.71. The summed E-state index contributed by atoms with van der Waals surface area (Å²) in [5, 5.41) is 0. The normalized spacial score (nSPS) is 10.0. The molecule has 0 heterocycles. The average Bonchev–Trinajstić information content (AvgIpc) is 2.38. The number of hydrogen-bond acceptors (Lipinski definition) is 3. The van der Waals surface area contributed by atoms with Gasteiger partial charge in [-0.25, -0.2) is 0 Å². The van der Waals surface area contributed by atoms with Crippen LogP contribution in [0.5, 0.6) is 0 Å². The highest BCUT2D eigenvalue weighted by Gasteiger charge is 2.13. The van der Waals surface area contributed by atoms with Gasteiger partial charge in [0, 0.05) is 6.42 Å². The highest BCUT2D eigenvalue weighted by molar-refractivity contribution is 7.86. The first-order valence-electron chi connectivity index (χ1n) is 5.94. The molecule has 19 heavy (non-hydrogen) atoms. The van der Waals surface area contributed by atoms with Crippen LogP contribution in [0.3, 0.4) is 0 Å². The third-order valence-electron chi connectivity index (χ3n) is 2.20. The van der Waals surface area contributed by atoms with Crippen molar-refractivity contribution >= 4 is 10.1 Å². The fourth-order valence-corrected chi connectivity index (χ4v) is 2.04. The zero-order valence-electron chi connectivity index (χ0n) is 11.1. The van der Waals surface area contributed by atoms with Gasteiger partial charge in [0.25, 0.3) is 10.1 Å². The van der Waals surface area contributed by atoms with Crippen molar-refractivity contribution in [3.05, 3.63) is 29.8 Å². The zero-order valence-corrected chi connectivity index (χ0v) is 11.9. The standard InChI is InChI=1S/C15H16O3S/c1-3-4-5-6-7-8-13-18-19(16,17)15-11-9-14(2)10-12-15/h9-12H,3,6,13H2,1-2H3. The topological polar surface area (TPSA) is 43.4 Å². The summed E-state index contributed by atoms with van der Waals surface area (Å²) in [6, 6.07) is 6.49. The average molecular weight is 276 g/mol. The van der Waals surface area contributed by atoms with Gasteiger partial charge in [-0.05, 0) is 19.1 Å². The van der Waals surface area contributed by atoms with E-state index in [-0.39, 0.29) is 11.5 Å². The predicted molar refractivity (Wildman–Crippen MR) is 74.8 cm³/mol. The van der Waals surface area contributed by atoms with E-state index in [1.807, 2.05) is 13.8 Å². The molecule has 0 N–H and O–H groups in total. The molecule has 0 aliphatic heterocycles. The summed E-state index contributed by atoms with van der Waals surface area (Å²) in [7, 11) is -3.71. The van der Waals surface area contributed by atoms with Crippen LogP contribution in [0.1, 0.15) is 25.3 Å². The first kappa shape index (κ1) is 15.3. The molecule has 0 fully saturated rings. The largest absolute Gasteiger partial charge is 0.297 e. The van der Waals surface area contributed by atoms with Crippen LogP contribution in [0.2, 0.25) is 0 Å². The molecule has 0 saturated carbocycles. The second kappa shape index (κ2) is 7.63. The first-order chi connectivity index (χ1) is 9.06. The molecule has 0 amide bonds. The van der Waals surface area contributed by atoms with Gasteiger partial charge in [0.05, 0.1) is 11.3 Å². The Morgan fingerprint density at radius 3 is 2.32 bits per heavy atom. The second-order valence-electron chi connectivity index (χ2n) is 3.77. The number of aryl methyl sites for hydroxylation is 1. The summed E-state index contributed by atoms with van der Waals surface area (Å²) in [5.41, 5.74) is 0.994. The van der Waals surface area contributed by atoms with E-state index in [0.29, 0.717) is 6.42 Å². The molecule has 0 aliphatic carbocycles. The van der Waals surface area contributed by atoms with E-state index < -0.39 is 10.1 Å². The van der Waals surface area contributed by atoms with E-state index in [0.717, 1.165) is 12.0 Å². The van der Waals surface area contributed by atoms with Gasteiger partial charge >= 0.3 is 0 Å². The third kappa shape index (κ3) is 5.61. The van der Waals surface area contributed by atoms with Crippen LogP contribution in [0, 0.1) is 30.6 Å². The molecule has 4 heteroatoms. The lowest BCUT2D eigenvalue weighted by molar-refractivity contribution is 0.363. The lowest BCUT2D eigenvalue weighted by Gasteiger charge is -2.02. The summed E-state index contributed by atoms with van der Waals surface area (Å²) < 4.78 is 28.3. The van der Waals surface area contributed by atoms with Crippen molar-refractivity contribution in [3.8, 4) is 23.7 Å². The van der Waals surface area contributed by atoms with E-state index in [1.54, 1.807) is 12.1 Å². The monoisotopic (exact) mass is 276 g/mol. The smallest absolute Gasteiger partial charge is 0.253 e. The van der Waals surface area contributed by atoms with Gasteiger partial charge in [0.1, 0.15) is 6.61 Å². The van der Waals surface area contributed by atoms with Gasteiger partial charge in [-0.3, -0.25) is 4.18 Å². The van der Waals surface area contributed by atoms with E-state index in [2.05, 4.69) is 23.7 Å². The molecular weight excluding hydrogens is 260 g/mol. The Hall–Kier alpha value is -1.75. The van der Waals surface area contributed by atoms with Crippen LogP contribution in [0.25, 0.3) is 0 Å². The molecule has 1 aromatic rings. The Balaban J connectivity index is 2.54. The van der Waals surface area contributed by atoms with Crippen molar-refractivity contribution in [2.24, 2.45) is 0 Å². The summed E-state index contributed by atoms with van der Waals surface area (Å²) in [6.07, 6.45) is 1.22. The van der Waals surface area contributed by atoms with E-state index in [9.17, 15) is 8.42 Å². The van der Waals surface area contributed by atoms with Crippen molar-refractivity contribution in [1.29, 1.82) is 0 Å². The molecule has 0 saturated heterocycles. The number of rotatable bonds is 3. The summed E-state index contributed by atoms with van der Waals surface area (Å²) in [6.45, 7) is 3.70. The molecule has 1 rings (SSSR count). The van der Waals surface area contributed by atoms with Crippen LogP contribution in [-0.4, -0.2) is 15.0 Å². The Morgan fingerprint density at radius 1 is 1.05 bits per heavy atom. The number of benzene rings is 1. The molecular formula is C15H16O3S. The van der Waals surface area contributed by atoms with E-state index in [4.69, 9.17) is 4.18 Å². The Morgan fingerprint density at radius 2 is 1.68 bits per heavy atom. The summed E-state index contributed by atoms with van der Waals surface area (Å²) >= 11 is 0. The molecule has 0 aliphatic rings. The zero-order chi connectivity index (χ0) is 14.1. The van der Waals surface area contributed by atoms with Crippen LogP contribution in [0.15, 0.2) is 29.2 Å². The highest BCUT2D eigenvalue weighted by atomic mass is 32.2. The van der Waals surface area contributed by atoms with Crippen LogP contribution in [0.4, 0.5) is 0 Å². The van der Waals surface area contributed by atoms with Gasteiger partial charge < -0.3 is 0 Å². The summed E-state index contributed by atoms with van der Waals surface area (Å²) in [5.74, 6) is 11.1. The molecule has 0 unspecified atom stereocenters. The van der Waals surface area contributed by atoms with Crippen molar-refractivity contribution in [2.75, 3.05) is 6.61 Å². The maximum Gasteiger partial charge on any atom is 0.297 e. The number of hydrogen-bond donors (Lipinski definition) is 0. The lowest BCUT2D eigenvalue weighted by atomic mass is 10.2. The van der Waals surface area contributed by atoms with Gasteiger partial charge in [-0.1, -0.05) is 42.4 Å². The maximum absolute atomic E-state index is 11.8. The maximum atomic E-state index is 11.8. The van der Waals surface area contributed by atoms with Crippen molar-refractivity contribution in [3.63, 3.8) is 0 Å². The quantitative estimate of drug-likeness (QED) is 0.629. The molecule has 3 nitrogen and oxygen atoms in total. The Kier molecular flexibility index (Phi) is 6.15. The van der Waals surface area contributed by atoms with Crippen molar-refractivity contribution in [2.45, 2.75) is 31.6 Å². The Labute approximate surface area is 115 Å². The minimum Gasteiger partial charge on any atom is -0.253 e. The van der Waals surface area contributed by atoms with Crippen molar-refractivity contribution in [1.82, 2.24) is 0 Å². The van der Waals surface area contributed by atoms with Crippen LogP contribution in [-0.2, 0) is 14.3 Å². The van der Waals surface area contributed by atoms with E-state index in [1.165, 1.54) is 12.1 Å². The van der Waals surface area contributed by atoms with Crippen LogP contribution < -0.4 is 0 Å². The predicted octanol–water partition coefficient (Wildman–Crippen LogP) is 2.51. The summed E-state index contributed by atoms with van der Waals surface area (Å²) in [4.78, 5) is 0.144. The molecule has 100 valence electrons. The first-order valence-corrected chi connectivity index (χ1v) is 7.34. The molecule has 0 aromatic heterocycles. The molecule has 0 spiro atoms. The fourth-order valence-electron chi connectivity index (χ4n) is 1.23. The minimum absolute atomic E-state index is 0.144. The third-order valence-corrected chi connectivity index (χ3v) is 3.48. The van der Waals surface area contributed by atoms with Gasteiger partial charge in [0.15, 0.2) is 0 Å². The highest BCUT2D eigenvalue weighted by Crippen LogP contribution is 2.12. The van der Waals surface area contributed by atoms with Crippen LogP contribution >= 0.6 is 0 Å². The Bertz CT molecular complexity index is 620. The molecule has 0 radical (unpaired) electrons. The molecule has 0 atom stereocenters. The fraction of sp³-hybridized carbons (Fsp3) is 0.333. The molecule has 0 bridgehead atoms. The molecule has 1 aromatic carbocycles. The lowest BCUT2D eigenvalue weighted by Crippen LogP contribution is -2.06. The van der Waals surface area contributed by atoms with E-state index >= 15 is 0 Å². The van der Waals surface area contributed by atoms with Gasteiger partial charge in [-0.2, -0.15) is 8.42 Å².